The minimum atomic E-state index is -4.55. The van der Waals surface area contributed by atoms with Crippen molar-refractivity contribution in [2.45, 2.75) is 19.6 Å². The van der Waals surface area contributed by atoms with E-state index in [4.69, 9.17) is 10.5 Å². The standard InChI is InChI=1S/C23H22F3N7O3/c1-4-36-22(35)32(3)33(12-15-7-6-14(10-28-15)23(24,25)26)21(34)13-5-8-18-16(9-13)19-17(20(27)30-18)11-29-31(19)2/h5-11H,4,12H2,1-3H3,(H2,27,30). The van der Waals surface area contributed by atoms with Crippen LogP contribution in [0.15, 0.2) is 42.7 Å². The molecule has 4 aromatic rings. The summed E-state index contributed by atoms with van der Waals surface area (Å²) in [6.07, 6.45) is -3.12. The van der Waals surface area contributed by atoms with Crippen LogP contribution in [0.25, 0.3) is 21.8 Å². The molecule has 0 aliphatic rings. The zero-order chi connectivity index (χ0) is 26.2. The summed E-state index contributed by atoms with van der Waals surface area (Å²) in [5.74, 6) is -0.317. The fourth-order valence-corrected chi connectivity index (χ4v) is 3.71. The molecule has 0 unspecified atom stereocenters. The van der Waals surface area contributed by atoms with Gasteiger partial charge in [-0.25, -0.2) is 19.8 Å². The normalized spacial score (nSPS) is 11.6. The Balaban J connectivity index is 1.75. The molecule has 36 heavy (non-hydrogen) atoms. The van der Waals surface area contributed by atoms with Crippen molar-refractivity contribution in [2.24, 2.45) is 7.05 Å². The predicted molar refractivity (Wildman–Crippen MR) is 124 cm³/mol. The number of aryl methyl sites for hydroxylation is 1. The summed E-state index contributed by atoms with van der Waals surface area (Å²) in [5.41, 5.74) is 6.64. The van der Waals surface area contributed by atoms with Crippen LogP contribution in [0.2, 0.25) is 0 Å². The number of carbonyl (C=O) groups excluding carboxylic acids is 2. The van der Waals surface area contributed by atoms with E-state index in [9.17, 15) is 22.8 Å². The maximum absolute atomic E-state index is 13.6. The molecule has 0 radical (unpaired) electrons. The van der Waals surface area contributed by atoms with Crippen LogP contribution in [0.5, 0.6) is 0 Å². The zero-order valence-electron chi connectivity index (χ0n) is 19.6. The summed E-state index contributed by atoms with van der Waals surface area (Å²) in [5, 5.41) is 7.43. The van der Waals surface area contributed by atoms with Crippen molar-refractivity contribution in [3.05, 3.63) is 59.5 Å². The fraction of sp³-hybridized carbons (Fsp3) is 0.261. The number of halogens is 3. The second kappa shape index (κ2) is 9.32. The average Bonchev–Trinajstić information content (AvgIpc) is 3.24. The molecule has 3 aromatic heterocycles. The van der Waals surface area contributed by atoms with E-state index in [1.54, 1.807) is 37.0 Å². The number of alkyl halides is 3. The number of hydrogen-bond donors (Lipinski definition) is 1. The molecule has 2 amide bonds. The monoisotopic (exact) mass is 501 g/mol. The summed E-state index contributed by atoms with van der Waals surface area (Å²) in [6, 6.07) is 6.74. The molecule has 0 saturated heterocycles. The molecule has 3 heterocycles. The molecular weight excluding hydrogens is 479 g/mol. The lowest BCUT2D eigenvalue weighted by Crippen LogP contribution is -2.47. The Bertz CT molecular complexity index is 1450. The van der Waals surface area contributed by atoms with Gasteiger partial charge < -0.3 is 10.5 Å². The third-order valence-corrected chi connectivity index (χ3v) is 5.55. The van der Waals surface area contributed by atoms with Gasteiger partial charge in [0.2, 0.25) is 0 Å². The molecule has 2 N–H and O–H groups in total. The molecule has 4 rings (SSSR count). The molecular formula is C23H22F3N7O3. The fourth-order valence-electron chi connectivity index (χ4n) is 3.71. The molecule has 0 aliphatic heterocycles. The van der Waals surface area contributed by atoms with E-state index in [1.807, 2.05) is 0 Å². The van der Waals surface area contributed by atoms with Gasteiger partial charge in [-0.2, -0.15) is 18.3 Å². The van der Waals surface area contributed by atoms with Crippen LogP contribution in [0.3, 0.4) is 0 Å². The smallest absolute Gasteiger partial charge is 0.428 e. The molecule has 10 nitrogen and oxygen atoms in total. The van der Waals surface area contributed by atoms with Gasteiger partial charge in [0.15, 0.2) is 0 Å². The summed E-state index contributed by atoms with van der Waals surface area (Å²) in [7, 11) is 3.05. The summed E-state index contributed by atoms with van der Waals surface area (Å²) >= 11 is 0. The van der Waals surface area contributed by atoms with Crippen LogP contribution in [0.4, 0.5) is 23.8 Å². The molecule has 0 atom stereocenters. The van der Waals surface area contributed by atoms with Crippen LogP contribution in [0.1, 0.15) is 28.5 Å². The Labute approximate surface area is 203 Å². The Morgan fingerprint density at radius 3 is 2.53 bits per heavy atom. The number of benzene rings is 1. The number of aromatic nitrogens is 4. The van der Waals surface area contributed by atoms with E-state index in [1.165, 1.54) is 13.1 Å². The van der Waals surface area contributed by atoms with Crippen molar-refractivity contribution >= 4 is 39.6 Å². The van der Waals surface area contributed by atoms with E-state index in [2.05, 4.69) is 15.1 Å². The summed E-state index contributed by atoms with van der Waals surface area (Å²) in [6.45, 7) is 1.38. The summed E-state index contributed by atoms with van der Waals surface area (Å²) in [4.78, 5) is 34.2. The minimum absolute atomic E-state index is 0.0608. The topological polar surface area (TPSA) is 119 Å². The molecule has 188 valence electrons. The van der Waals surface area contributed by atoms with Crippen LogP contribution >= 0.6 is 0 Å². The zero-order valence-corrected chi connectivity index (χ0v) is 19.6. The highest BCUT2D eigenvalue weighted by Crippen LogP contribution is 2.30. The number of nitrogen functional groups attached to an aromatic ring is 1. The molecule has 0 spiro atoms. The van der Waals surface area contributed by atoms with Crippen molar-refractivity contribution in [3.63, 3.8) is 0 Å². The maximum Gasteiger partial charge on any atom is 0.428 e. The van der Waals surface area contributed by atoms with Crippen molar-refractivity contribution in [1.82, 2.24) is 29.8 Å². The van der Waals surface area contributed by atoms with E-state index >= 15 is 0 Å². The first-order valence-corrected chi connectivity index (χ1v) is 10.8. The molecule has 0 fully saturated rings. The second-order valence-corrected chi connectivity index (χ2v) is 7.88. The van der Waals surface area contributed by atoms with Gasteiger partial charge in [0.25, 0.3) is 5.91 Å². The van der Waals surface area contributed by atoms with Gasteiger partial charge in [0.1, 0.15) is 5.82 Å². The van der Waals surface area contributed by atoms with Gasteiger partial charge in [-0.1, -0.05) is 0 Å². The Hall–Kier alpha value is -4.42. The highest BCUT2D eigenvalue weighted by Gasteiger charge is 2.31. The third-order valence-electron chi connectivity index (χ3n) is 5.55. The second-order valence-electron chi connectivity index (χ2n) is 7.88. The molecule has 1 aromatic carbocycles. The average molecular weight is 501 g/mol. The first kappa shape index (κ1) is 24.7. The van der Waals surface area contributed by atoms with Gasteiger partial charge in [0.05, 0.1) is 47.0 Å². The molecule has 13 heteroatoms. The number of nitrogens with two attached hydrogens (primary N) is 1. The number of ether oxygens (including phenoxy) is 1. The van der Waals surface area contributed by atoms with E-state index < -0.39 is 23.7 Å². The Kier molecular flexibility index (Phi) is 6.39. The molecule has 0 bridgehead atoms. The van der Waals surface area contributed by atoms with Gasteiger partial charge in [-0.3, -0.25) is 14.5 Å². The predicted octanol–water partition coefficient (Wildman–Crippen LogP) is 3.76. The highest BCUT2D eigenvalue weighted by molar-refractivity contribution is 6.10. The van der Waals surface area contributed by atoms with Crippen molar-refractivity contribution in [3.8, 4) is 0 Å². The molecule has 0 aliphatic carbocycles. The number of nitrogens with zero attached hydrogens (tertiary/aromatic N) is 6. The SMILES string of the molecule is CCOC(=O)N(C)N(Cc1ccc(C(F)(F)F)cn1)C(=O)c1ccc2nc(N)c3cnn(C)c3c2c1. The quantitative estimate of drug-likeness (QED) is 0.423. The number of carbonyl (C=O) groups is 2. The highest BCUT2D eigenvalue weighted by atomic mass is 19.4. The van der Waals surface area contributed by atoms with Crippen LogP contribution < -0.4 is 5.73 Å². The van der Waals surface area contributed by atoms with E-state index in [0.29, 0.717) is 33.8 Å². The first-order valence-electron chi connectivity index (χ1n) is 10.8. The lowest BCUT2D eigenvalue weighted by molar-refractivity contribution is -0.137. The van der Waals surface area contributed by atoms with E-state index in [-0.39, 0.29) is 24.4 Å². The first-order chi connectivity index (χ1) is 17.0. The van der Waals surface area contributed by atoms with E-state index in [0.717, 1.165) is 22.2 Å². The number of hydrazine groups is 1. The number of anilines is 1. The van der Waals surface area contributed by atoms with Crippen molar-refractivity contribution in [2.75, 3.05) is 19.4 Å². The maximum atomic E-state index is 13.6. The van der Waals surface area contributed by atoms with Crippen molar-refractivity contribution < 1.29 is 27.5 Å². The number of amides is 2. The summed E-state index contributed by atoms with van der Waals surface area (Å²) < 4.78 is 45.4. The third kappa shape index (κ3) is 4.59. The van der Waals surface area contributed by atoms with Crippen LogP contribution in [0, 0.1) is 0 Å². The number of hydrogen-bond acceptors (Lipinski definition) is 7. The lowest BCUT2D eigenvalue weighted by atomic mass is 10.1. The van der Waals surface area contributed by atoms with Gasteiger partial charge >= 0.3 is 12.3 Å². The van der Waals surface area contributed by atoms with Crippen molar-refractivity contribution in [1.29, 1.82) is 0 Å². The molecule has 0 saturated carbocycles. The van der Waals surface area contributed by atoms with Gasteiger partial charge in [-0.05, 0) is 37.3 Å². The number of rotatable bonds is 4. The lowest BCUT2D eigenvalue weighted by Gasteiger charge is -2.31. The minimum Gasteiger partial charge on any atom is -0.448 e. The van der Waals surface area contributed by atoms with Gasteiger partial charge in [-0.15, -0.1) is 0 Å². The number of pyridine rings is 2. The van der Waals surface area contributed by atoms with Crippen LogP contribution in [-0.2, 0) is 24.5 Å². The largest absolute Gasteiger partial charge is 0.448 e. The number of fused-ring (bicyclic) bond motifs is 3. The van der Waals surface area contributed by atoms with Crippen LogP contribution in [-0.4, -0.2) is 55.4 Å². The Morgan fingerprint density at radius 1 is 1.14 bits per heavy atom. The Morgan fingerprint density at radius 2 is 1.89 bits per heavy atom. The van der Waals surface area contributed by atoms with Gasteiger partial charge in [0, 0.05) is 31.2 Å².